The van der Waals surface area contributed by atoms with Gasteiger partial charge in [-0.25, -0.2) is 9.59 Å². The number of hydrogen-bond donors (Lipinski definition) is 0. The van der Waals surface area contributed by atoms with Crippen molar-refractivity contribution in [2.75, 3.05) is 45.9 Å². The number of nitrogens with zero attached hydrogens (tertiary/aromatic N) is 5. The average molecular weight is 407 g/mol. The van der Waals surface area contributed by atoms with Crippen LogP contribution in [-0.2, 0) is 18.8 Å². The lowest BCUT2D eigenvalue weighted by molar-refractivity contribution is 0.0373. The van der Waals surface area contributed by atoms with Crippen molar-refractivity contribution in [3.8, 4) is 0 Å². The van der Waals surface area contributed by atoms with Crippen LogP contribution in [-0.4, -0.2) is 87.8 Å². The van der Waals surface area contributed by atoms with E-state index in [2.05, 4.69) is 4.90 Å². The summed E-state index contributed by atoms with van der Waals surface area (Å²) in [5.74, 6) is -0.294. The van der Waals surface area contributed by atoms with Crippen LogP contribution in [0.4, 0.5) is 4.79 Å². The molecule has 2 aliphatic heterocycles. The van der Waals surface area contributed by atoms with Gasteiger partial charge in [-0.15, -0.1) is 0 Å². The van der Waals surface area contributed by atoms with Gasteiger partial charge >= 0.3 is 11.8 Å². The Kier molecular flexibility index (Phi) is 6.41. The summed E-state index contributed by atoms with van der Waals surface area (Å²) >= 11 is 0. The summed E-state index contributed by atoms with van der Waals surface area (Å²) < 4.78 is 7.27. The summed E-state index contributed by atoms with van der Waals surface area (Å²) in [7, 11) is 2.90. The molecule has 0 aliphatic carbocycles. The summed E-state index contributed by atoms with van der Waals surface area (Å²) in [6, 6.07) is 1.42. The molecule has 0 unspecified atom stereocenters. The fourth-order valence-corrected chi connectivity index (χ4v) is 4.02. The monoisotopic (exact) mass is 407 g/mol. The van der Waals surface area contributed by atoms with Crippen molar-refractivity contribution in [1.82, 2.24) is 23.8 Å². The second-order valence-corrected chi connectivity index (χ2v) is 7.54. The maximum absolute atomic E-state index is 13.0. The molecule has 160 valence electrons. The standard InChI is InChI=1S/C19H29N5O5/c1-4-29-19(28)23-10-8-22(9-11-23)14-6-5-7-24(13-14)17(26)15-12-16(25)21(3)18(27)20(15)2/h12,14H,4-11,13H2,1-3H3/t14-/m0/s1. The van der Waals surface area contributed by atoms with Gasteiger partial charge in [-0.3, -0.25) is 23.6 Å². The Bertz CT molecular complexity index is 884. The van der Waals surface area contributed by atoms with Crippen LogP contribution in [0.3, 0.4) is 0 Å². The molecule has 3 heterocycles. The molecule has 0 aromatic carbocycles. The van der Waals surface area contributed by atoms with Crippen LogP contribution in [0.1, 0.15) is 30.3 Å². The van der Waals surface area contributed by atoms with Gasteiger partial charge in [0.25, 0.3) is 11.5 Å². The Hall–Kier alpha value is -2.62. The fourth-order valence-electron chi connectivity index (χ4n) is 4.02. The van der Waals surface area contributed by atoms with Gasteiger partial charge in [-0.05, 0) is 19.8 Å². The number of ether oxygens (including phenoxy) is 1. The van der Waals surface area contributed by atoms with Crippen molar-refractivity contribution >= 4 is 12.0 Å². The molecule has 2 amide bonds. The van der Waals surface area contributed by atoms with Gasteiger partial charge in [0.15, 0.2) is 0 Å². The molecule has 10 nitrogen and oxygen atoms in total. The summed E-state index contributed by atoms with van der Waals surface area (Å²) in [5.41, 5.74) is -0.879. The number of piperazine rings is 1. The van der Waals surface area contributed by atoms with Crippen molar-refractivity contribution in [1.29, 1.82) is 0 Å². The third-order valence-electron chi connectivity index (χ3n) is 5.79. The van der Waals surface area contributed by atoms with Crippen LogP contribution in [0.2, 0.25) is 0 Å². The molecule has 2 fully saturated rings. The number of carbonyl (C=O) groups excluding carboxylic acids is 2. The predicted octanol–water partition coefficient (Wildman–Crippen LogP) is -0.537. The minimum Gasteiger partial charge on any atom is -0.450 e. The summed E-state index contributed by atoms with van der Waals surface area (Å²) in [4.78, 5) is 54.7. The smallest absolute Gasteiger partial charge is 0.409 e. The molecule has 29 heavy (non-hydrogen) atoms. The van der Waals surface area contributed by atoms with E-state index in [1.165, 1.54) is 24.7 Å². The fraction of sp³-hybridized carbons (Fsp3) is 0.684. The van der Waals surface area contributed by atoms with Crippen molar-refractivity contribution in [3.05, 3.63) is 32.6 Å². The molecule has 0 bridgehead atoms. The number of piperidine rings is 1. The van der Waals surface area contributed by atoms with Gasteiger partial charge in [-0.2, -0.15) is 0 Å². The molecule has 0 saturated carbocycles. The Morgan fingerprint density at radius 3 is 2.38 bits per heavy atom. The second kappa shape index (κ2) is 8.81. The van der Waals surface area contributed by atoms with Crippen LogP contribution < -0.4 is 11.2 Å². The Morgan fingerprint density at radius 1 is 1.03 bits per heavy atom. The average Bonchev–Trinajstić information content (AvgIpc) is 2.74. The van der Waals surface area contributed by atoms with E-state index in [-0.39, 0.29) is 23.7 Å². The number of carbonyl (C=O) groups is 2. The first-order valence-electron chi connectivity index (χ1n) is 10.1. The van der Waals surface area contributed by atoms with Crippen LogP contribution in [0, 0.1) is 0 Å². The molecule has 1 atom stereocenters. The summed E-state index contributed by atoms with van der Waals surface area (Å²) in [6.45, 7) is 5.97. The maximum atomic E-state index is 13.0. The molecule has 0 N–H and O–H groups in total. The number of likely N-dealkylation sites (tertiary alicyclic amines) is 1. The van der Waals surface area contributed by atoms with Crippen LogP contribution in [0.5, 0.6) is 0 Å². The van der Waals surface area contributed by atoms with Gasteiger partial charge in [0.1, 0.15) is 5.69 Å². The second-order valence-electron chi connectivity index (χ2n) is 7.54. The van der Waals surface area contributed by atoms with E-state index in [1.54, 1.807) is 16.7 Å². The van der Waals surface area contributed by atoms with Gasteiger partial charge < -0.3 is 14.5 Å². The zero-order valence-corrected chi connectivity index (χ0v) is 17.3. The third-order valence-corrected chi connectivity index (χ3v) is 5.79. The number of rotatable bonds is 3. The molecular formula is C19H29N5O5. The van der Waals surface area contributed by atoms with E-state index < -0.39 is 11.2 Å². The first-order valence-corrected chi connectivity index (χ1v) is 10.1. The molecule has 3 rings (SSSR count). The van der Waals surface area contributed by atoms with Crippen molar-refractivity contribution in [2.45, 2.75) is 25.8 Å². The molecule has 1 aromatic rings. The van der Waals surface area contributed by atoms with E-state index in [0.29, 0.717) is 32.8 Å². The third kappa shape index (κ3) is 4.36. The number of amides is 2. The quantitative estimate of drug-likeness (QED) is 0.668. The van der Waals surface area contributed by atoms with E-state index in [4.69, 9.17) is 4.74 Å². The van der Waals surface area contributed by atoms with Crippen LogP contribution in [0.25, 0.3) is 0 Å². The minimum absolute atomic E-state index is 0.117. The normalized spacial score (nSPS) is 20.6. The number of aromatic nitrogens is 2. The highest BCUT2D eigenvalue weighted by Crippen LogP contribution is 2.19. The molecule has 0 spiro atoms. The van der Waals surface area contributed by atoms with Crippen molar-refractivity contribution < 1.29 is 14.3 Å². The Balaban J connectivity index is 1.66. The van der Waals surface area contributed by atoms with Gasteiger partial charge in [0.05, 0.1) is 6.61 Å². The Labute approximate surface area is 169 Å². The van der Waals surface area contributed by atoms with Crippen molar-refractivity contribution in [3.63, 3.8) is 0 Å². The SMILES string of the molecule is CCOC(=O)N1CCN([C@H]2CCCN(C(=O)c3cc(=O)n(C)c(=O)n3C)C2)CC1. The Morgan fingerprint density at radius 2 is 1.72 bits per heavy atom. The predicted molar refractivity (Wildman–Crippen MR) is 106 cm³/mol. The van der Waals surface area contributed by atoms with Crippen LogP contribution in [0.15, 0.2) is 15.7 Å². The largest absolute Gasteiger partial charge is 0.450 e. The molecule has 0 radical (unpaired) electrons. The molecule has 10 heteroatoms. The van der Waals surface area contributed by atoms with Gasteiger partial charge in [0, 0.05) is 65.5 Å². The summed E-state index contributed by atoms with van der Waals surface area (Å²) in [6.07, 6.45) is 1.55. The van der Waals surface area contributed by atoms with Crippen LogP contribution >= 0.6 is 0 Å². The summed E-state index contributed by atoms with van der Waals surface area (Å²) in [5, 5.41) is 0. The molecule has 2 aliphatic rings. The van der Waals surface area contributed by atoms with E-state index in [9.17, 15) is 19.2 Å². The van der Waals surface area contributed by atoms with Gasteiger partial charge in [-0.1, -0.05) is 0 Å². The van der Waals surface area contributed by atoms with E-state index in [0.717, 1.165) is 30.5 Å². The molecule has 1 aromatic heterocycles. The lowest BCUT2D eigenvalue weighted by Crippen LogP contribution is -2.57. The number of hydrogen-bond acceptors (Lipinski definition) is 6. The van der Waals surface area contributed by atoms with E-state index >= 15 is 0 Å². The molecular weight excluding hydrogens is 378 g/mol. The van der Waals surface area contributed by atoms with Gasteiger partial charge in [0.2, 0.25) is 0 Å². The zero-order chi connectivity index (χ0) is 21.1. The lowest BCUT2D eigenvalue weighted by atomic mass is 10.0. The van der Waals surface area contributed by atoms with Crippen molar-refractivity contribution in [2.24, 2.45) is 14.1 Å². The minimum atomic E-state index is -0.510. The first-order chi connectivity index (χ1) is 13.8. The lowest BCUT2D eigenvalue weighted by Gasteiger charge is -2.43. The highest BCUT2D eigenvalue weighted by molar-refractivity contribution is 5.92. The molecule has 2 saturated heterocycles. The zero-order valence-electron chi connectivity index (χ0n) is 17.3. The maximum Gasteiger partial charge on any atom is 0.409 e. The highest BCUT2D eigenvalue weighted by Gasteiger charge is 2.32. The first kappa shape index (κ1) is 21.1. The van der Waals surface area contributed by atoms with E-state index in [1.807, 2.05) is 0 Å². The topological polar surface area (TPSA) is 97.1 Å². The highest BCUT2D eigenvalue weighted by atomic mass is 16.6.